The van der Waals surface area contributed by atoms with E-state index in [1.807, 2.05) is 75.4 Å². The van der Waals surface area contributed by atoms with Crippen molar-refractivity contribution in [3.05, 3.63) is 76.6 Å². The molecule has 0 bridgehead atoms. The van der Waals surface area contributed by atoms with Crippen LogP contribution in [0.3, 0.4) is 0 Å². The lowest BCUT2D eigenvalue weighted by Crippen LogP contribution is -2.24. The van der Waals surface area contributed by atoms with E-state index in [4.69, 9.17) is 9.72 Å². The lowest BCUT2D eigenvalue weighted by Gasteiger charge is -2.19. The first-order chi connectivity index (χ1) is 15.5. The highest BCUT2D eigenvalue weighted by Crippen LogP contribution is 2.29. The molecule has 0 saturated heterocycles. The third-order valence-corrected chi connectivity index (χ3v) is 5.56. The van der Waals surface area contributed by atoms with Gasteiger partial charge < -0.3 is 9.30 Å². The van der Waals surface area contributed by atoms with E-state index in [0.29, 0.717) is 6.42 Å². The van der Waals surface area contributed by atoms with E-state index in [1.165, 1.54) is 6.07 Å². The number of ether oxygens (including phenoxy) is 1. The van der Waals surface area contributed by atoms with Crippen LogP contribution in [-0.2, 0) is 29.4 Å². The van der Waals surface area contributed by atoms with Crippen LogP contribution in [0.1, 0.15) is 48.8 Å². The van der Waals surface area contributed by atoms with Gasteiger partial charge in [0.15, 0.2) is 0 Å². The highest BCUT2D eigenvalue weighted by Gasteiger charge is 2.21. The molecule has 0 N–H and O–H groups in total. The zero-order chi connectivity index (χ0) is 23.9. The number of benzene rings is 1. The first kappa shape index (κ1) is 22.7. The Balaban J connectivity index is 1.83. The minimum Gasteiger partial charge on any atom is -0.460 e. The highest BCUT2D eigenvalue weighted by molar-refractivity contribution is 5.87. The van der Waals surface area contributed by atoms with E-state index in [2.05, 4.69) is 5.10 Å². The van der Waals surface area contributed by atoms with E-state index >= 15 is 0 Å². The predicted octanol–water partition coefficient (Wildman–Crippen LogP) is 4.99. The van der Waals surface area contributed by atoms with Crippen molar-refractivity contribution in [3.8, 4) is 5.69 Å². The summed E-state index contributed by atoms with van der Waals surface area (Å²) in [6, 6.07) is 8.66. The highest BCUT2D eigenvalue weighted by atomic mass is 19.1. The monoisotopic (exact) mass is 448 g/mol. The fourth-order valence-corrected chi connectivity index (χ4v) is 4.06. The molecule has 0 radical (unpaired) electrons. The summed E-state index contributed by atoms with van der Waals surface area (Å²) in [7, 11) is 1.89. The quantitative estimate of drug-likeness (QED) is 0.404. The standard InChI is InChI=1S/C26H29FN4O2/c1-16-14-28-30(6)23(16)12-18-11-20(27)8-10-22(18)31-15-19(13-24(32)33-26(3,4)5)21-9-7-17(2)29-25(21)31/h7-11,14-15H,12-13H2,1-6H3. The Kier molecular flexibility index (Phi) is 5.82. The molecule has 7 heteroatoms. The van der Waals surface area contributed by atoms with Crippen molar-refractivity contribution in [2.75, 3.05) is 0 Å². The van der Waals surface area contributed by atoms with Gasteiger partial charge in [0.1, 0.15) is 17.1 Å². The first-order valence-electron chi connectivity index (χ1n) is 11.0. The molecule has 0 fully saturated rings. The molecular weight excluding hydrogens is 419 g/mol. The van der Waals surface area contributed by atoms with E-state index in [0.717, 1.165) is 44.8 Å². The Bertz CT molecular complexity index is 1330. The van der Waals surface area contributed by atoms with E-state index in [9.17, 15) is 9.18 Å². The van der Waals surface area contributed by atoms with Gasteiger partial charge in [-0.3, -0.25) is 9.48 Å². The molecule has 3 aromatic heterocycles. The summed E-state index contributed by atoms with van der Waals surface area (Å²) in [6.07, 6.45) is 4.36. The Labute approximate surface area is 193 Å². The van der Waals surface area contributed by atoms with Crippen molar-refractivity contribution in [3.63, 3.8) is 0 Å². The summed E-state index contributed by atoms with van der Waals surface area (Å²) < 4.78 is 23.6. The Morgan fingerprint density at radius 3 is 2.55 bits per heavy atom. The van der Waals surface area contributed by atoms with Gasteiger partial charge >= 0.3 is 5.97 Å². The second-order valence-corrected chi connectivity index (χ2v) is 9.46. The van der Waals surface area contributed by atoms with Gasteiger partial charge in [0.25, 0.3) is 0 Å². The number of aryl methyl sites for hydroxylation is 3. The first-order valence-corrected chi connectivity index (χ1v) is 11.0. The SMILES string of the molecule is Cc1ccc2c(CC(=O)OC(C)(C)C)cn(-c3ccc(F)cc3Cc3c(C)cnn3C)c2n1. The number of carbonyl (C=O) groups excluding carboxylic acids is 1. The van der Waals surface area contributed by atoms with Gasteiger partial charge in [0, 0.05) is 36.4 Å². The van der Waals surface area contributed by atoms with E-state index in [-0.39, 0.29) is 18.2 Å². The minimum atomic E-state index is -0.560. The second-order valence-electron chi connectivity index (χ2n) is 9.46. The molecule has 3 heterocycles. The molecule has 0 amide bonds. The number of aromatic nitrogens is 4. The molecule has 1 aromatic carbocycles. The number of hydrogen-bond acceptors (Lipinski definition) is 4. The van der Waals surface area contributed by atoms with E-state index in [1.54, 1.807) is 12.1 Å². The van der Waals surface area contributed by atoms with Crippen LogP contribution in [0.25, 0.3) is 16.7 Å². The number of carbonyl (C=O) groups is 1. The smallest absolute Gasteiger partial charge is 0.310 e. The normalized spacial score (nSPS) is 11.8. The number of esters is 1. The third kappa shape index (κ3) is 4.82. The molecule has 4 aromatic rings. The number of pyridine rings is 1. The van der Waals surface area contributed by atoms with Crippen molar-refractivity contribution >= 4 is 17.0 Å². The van der Waals surface area contributed by atoms with Crippen molar-refractivity contribution in [2.45, 2.75) is 53.1 Å². The van der Waals surface area contributed by atoms with Gasteiger partial charge in [0.2, 0.25) is 0 Å². The maximum absolute atomic E-state index is 14.3. The van der Waals surface area contributed by atoms with Crippen LogP contribution >= 0.6 is 0 Å². The summed E-state index contributed by atoms with van der Waals surface area (Å²) in [5.41, 5.74) is 5.52. The van der Waals surface area contributed by atoms with Crippen LogP contribution in [0, 0.1) is 19.7 Å². The summed E-state index contributed by atoms with van der Waals surface area (Å²) in [4.78, 5) is 17.3. The Morgan fingerprint density at radius 1 is 1.12 bits per heavy atom. The molecular formula is C26H29FN4O2. The van der Waals surface area contributed by atoms with Crippen LogP contribution in [0.15, 0.2) is 42.7 Å². The van der Waals surface area contributed by atoms with Crippen LogP contribution in [0.4, 0.5) is 4.39 Å². The van der Waals surface area contributed by atoms with Crippen molar-refractivity contribution in [1.82, 2.24) is 19.3 Å². The molecule has 6 nitrogen and oxygen atoms in total. The third-order valence-electron chi connectivity index (χ3n) is 5.56. The Hall–Kier alpha value is -3.48. The van der Waals surface area contributed by atoms with Crippen LogP contribution in [0.2, 0.25) is 0 Å². The number of hydrogen-bond donors (Lipinski definition) is 0. The van der Waals surface area contributed by atoms with Gasteiger partial charge in [-0.05, 0) is 81.6 Å². The molecule has 0 spiro atoms. The number of halogens is 1. The second kappa shape index (κ2) is 8.46. The zero-order valence-corrected chi connectivity index (χ0v) is 19.9. The maximum Gasteiger partial charge on any atom is 0.310 e. The predicted molar refractivity (Wildman–Crippen MR) is 126 cm³/mol. The van der Waals surface area contributed by atoms with Gasteiger partial charge in [-0.25, -0.2) is 9.37 Å². The Morgan fingerprint density at radius 2 is 1.88 bits per heavy atom. The molecule has 0 aliphatic carbocycles. The van der Waals surface area contributed by atoms with Gasteiger partial charge in [-0.2, -0.15) is 5.10 Å². The van der Waals surface area contributed by atoms with E-state index < -0.39 is 5.60 Å². The fourth-order valence-electron chi connectivity index (χ4n) is 4.06. The van der Waals surface area contributed by atoms with Gasteiger partial charge in [-0.15, -0.1) is 0 Å². The molecule has 172 valence electrons. The van der Waals surface area contributed by atoms with Gasteiger partial charge in [0.05, 0.1) is 18.3 Å². The average molecular weight is 449 g/mol. The largest absolute Gasteiger partial charge is 0.460 e. The van der Waals surface area contributed by atoms with Crippen molar-refractivity contribution in [2.24, 2.45) is 7.05 Å². The number of rotatable bonds is 5. The minimum absolute atomic E-state index is 0.128. The molecule has 0 saturated carbocycles. The summed E-state index contributed by atoms with van der Waals surface area (Å²) >= 11 is 0. The summed E-state index contributed by atoms with van der Waals surface area (Å²) in [5, 5.41) is 5.19. The van der Waals surface area contributed by atoms with Crippen LogP contribution in [0.5, 0.6) is 0 Å². The number of fused-ring (bicyclic) bond motifs is 1. The molecule has 33 heavy (non-hydrogen) atoms. The fraction of sp³-hybridized carbons (Fsp3) is 0.346. The molecule has 0 aliphatic rings. The van der Waals surface area contributed by atoms with Crippen molar-refractivity contribution < 1.29 is 13.9 Å². The van der Waals surface area contributed by atoms with Crippen LogP contribution in [-0.4, -0.2) is 30.9 Å². The lowest BCUT2D eigenvalue weighted by molar-refractivity contribution is -0.153. The maximum atomic E-state index is 14.3. The average Bonchev–Trinajstić information content (AvgIpc) is 3.21. The van der Waals surface area contributed by atoms with Crippen LogP contribution < -0.4 is 0 Å². The lowest BCUT2D eigenvalue weighted by atomic mass is 10.0. The summed E-state index contributed by atoms with van der Waals surface area (Å²) in [5.74, 6) is -0.602. The van der Waals surface area contributed by atoms with Gasteiger partial charge in [-0.1, -0.05) is 0 Å². The zero-order valence-electron chi connectivity index (χ0n) is 19.9. The number of nitrogens with zero attached hydrogens (tertiary/aromatic N) is 4. The molecule has 0 aliphatic heterocycles. The summed E-state index contributed by atoms with van der Waals surface area (Å²) in [6.45, 7) is 9.48. The topological polar surface area (TPSA) is 61.9 Å². The molecule has 4 rings (SSSR count). The molecule has 0 atom stereocenters. The van der Waals surface area contributed by atoms with Crippen molar-refractivity contribution in [1.29, 1.82) is 0 Å². The molecule has 0 unspecified atom stereocenters.